The number of nitrogens with zero attached hydrogens (tertiary/aromatic N) is 6. The SMILES string of the molecule is Cc1nnc(CN=C(NCCCN2CCOCC2)NC2CCN(C(C)C)CC2)n1C. The standard InChI is InChI=1S/C21H40N8O/c1-17(2)29-10-6-19(7-11-29)24-21(23-16-20-26-25-18(3)27(20)4)22-8-5-9-28-12-14-30-15-13-28/h17,19H,5-16H2,1-4H3,(H2,22,23,24). The minimum atomic E-state index is 0.465. The molecule has 0 spiro atoms. The van der Waals surface area contributed by atoms with E-state index in [1.807, 2.05) is 18.5 Å². The highest BCUT2D eigenvalue weighted by molar-refractivity contribution is 5.80. The van der Waals surface area contributed by atoms with Crippen LogP contribution in [0.5, 0.6) is 0 Å². The molecule has 0 aliphatic carbocycles. The van der Waals surface area contributed by atoms with Gasteiger partial charge in [-0.05, 0) is 46.6 Å². The van der Waals surface area contributed by atoms with Crippen LogP contribution in [0.2, 0.25) is 0 Å². The van der Waals surface area contributed by atoms with E-state index in [4.69, 9.17) is 9.73 Å². The first-order chi connectivity index (χ1) is 14.5. The van der Waals surface area contributed by atoms with Gasteiger partial charge in [-0.3, -0.25) is 4.90 Å². The van der Waals surface area contributed by atoms with Gasteiger partial charge in [-0.15, -0.1) is 10.2 Å². The maximum absolute atomic E-state index is 5.43. The van der Waals surface area contributed by atoms with Gasteiger partial charge in [0.05, 0.1) is 13.2 Å². The Morgan fingerprint density at radius 1 is 1.17 bits per heavy atom. The second kappa shape index (κ2) is 11.6. The first-order valence-electron chi connectivity index (χ1n) is 11.5. The molecule has 9 heteroatoms. The molecular formula is C21H40N8O. The molecular weight excluding hydrogens is 380 g/mol. The van der Waals surface area contributed by atoms with E-state index in [-0.39, 0.29) is 0 Å². The molecule has 0 amide bonds. The number of hydrogen-bond donors (Lipinski definition) is 2. The third-order valence-corrected chi connectivity index (χ3v) is 6.21. The molecule has 3 heterocycles. The van der Waals surface area contributed by atoms with Gasteiger partial charge in [0.2, 0.25) is 0 Å². The third kappa shape index (κ3) is 6.92. The average molecular weight is 421 g/mol. The molecule has 2 aliphatic rings. The molecule has 9 nitrogen and oxygen atoms in total. The second-order valence-electron chi connectivity index (χ2n) is 8.67. The Kier molecular flexibility index (Phi) is 8.89. The number of aromatic nitrogens is 3. The van der Waals surface area contributed by atoms with Crippen molar-refractivity contribution in [2.45, 2.75) is 58.7 Å². The Morgan fingerprint density at radius 2 is 1.90 bits per heavy atom. The van der Waals surface area contributed by atoms with E-state index in [0.29, 0.717) is 18.6 Å². The van der Waals surface area contributed by atoms with E-state index in [1.165, 1.54) is 0 Å². The molecule has 0 atom stereocenters. The summed E-state index contributed by atoms with van der Waals surface area (Å²) in [6.07, 6.45) is 3.39. The highest BCUT2D eigenvalue weighted by Crippen LogP contribution is 2.13. The lowest BCUT2D eigenvalue weighted by molar-refractivity contribution is 0.0376. The Hall–Kier alpha value is -1.71. The van der Waals surface area contributed by atoms with Crippen LogP contribution in [0.1, 0.15) is 44.8 Å². The molecule has 0 unspecified atom stereocenters. The van der Waals surface area contributed by atoms with Crippen molar-refractivity contribution in [2.75, 3.05) is 52.5 Å². The van der Waals surface area contributed by atoms with Crippen LogP contribution < -0.4 is 10.6 Å². The van der Waals surface area contributed by atoms with Gasteiger partial charge in [0.25, 0.3) is 0 Å². The van der Waals surface area contributed by atoms with Crippen molar-refractivity contribution in [3.8, 4) is 0 Å². The second-order valence-corrected chi connectivity index (χ2v) is 8.67. The normalized spacial score (nSPS) is 20.1. The van der Waals surface area contributed by atoms with Crippen molar-refractivity contribution in [1.29, 1.82) is 0 Å². The molecule has 2 N–H and O–H groups in total. The van der Waals surface area contributed by atoms with Gasteiger partial charge in [-0.25, -0.2) is 4.99 Å². The number of aryl methyl sites for hydroxylation is 1. The molecule has 30 heavy (non-hydrogen) atoms. The van der Waals surface area contributed by atoms with E-state index in [2.05, 4.69) is 44.5 Å². The predicted octanol–water partition coefficient (Wildman–Crippen LogP) is 0.754. The summed E-state index contributed by atoms with van der Waals surface area (Å²) < 4.78 is 7.43. The van der Waals surface area contributed by atoms with Gasteiger partial charge in [-0.2, -0.15) is 0 Å². The van der Waals surface area contributed by atoms with Crippen LogP contribution in [-0.4, -0.2) is 95.1 Å². The topological polar surface area (TPSA) is 82.8 Å². The zero-order valence-electron chi connectivity index (χ0n) is 19.2. The average Bonchev–Trinajstić information content (AvgIpc) is 3.08. The number of nitrogens with one attached hydrogen (secondary N) is 2. The van der Waals surface area contributed by atoms with Gasteiger partial charge < -0.3 is 24.8 Å². The minimum absolute atomic E-state index is 0.465. The molecule has 2 aliphatic heterocycles. The van der Waals surface area contributed by atoms with Crippen molar-refractivity contribution in [3.05, 3.63) is 11.6 Å². The highest BCUT2D eigenvalue weighted by Gasteiger charge is 2.21. The zero-order chi connectivity index (χ0) is 21.3. The number of aliphatic imine (C=N–C) groups is 1. The Balaban J connectivity index is 1.51. The minimum Gasteiger partial charge on any atom is -0.379 e. The van der Waals surface area contributed by atoms with Crippen LogP contribution in [0.25, 0.3) is 0 Å². The summed E-state index contributed by atoms with van der Waals surface area (Å²) in [6.45, 7) is 15.1. The lowest BCUT2D eigenvalue weighted by Gasteiger charge is -2.35. The van der Waals surface area contributed by atoms with Gasteiger partial charge in [0.15, 0.2) is 11.8 Å². The fourth-order valence-electron chi connectivity index (χ4n) is 3.98. The van der Waals surface area contributed by atoms with Gasteiger partial charge in [-0.1, -0.05) is 0 Å². The number of likely N-dealkylation sites (tertiary alicyclic amines) is 1. The molecule has 170 valence electrons. The summed E-state index contributed by atoms with van der Waals surface area (Å²) in [5.74, 6) is 2.69. The van der Waals surface area contributed by atoms with Gasteiger partial charge in [0.1, 0.15) is 12.4 Å². The number of guanidine groups is 1. The molecule has 0 bridgehead atoms. The molecule has 0 saturated carbocycles. The fourth-order valence-corrected chi connectivity index (χ4v) is 3.98. The number of morpholine rings is 1. The van der Waals surface area contributed by atoms with E-state index in [9.17, 15) is 0 Å². The fraction of sp³-hybridized carbons (Fsp3) is 0.857. The number of rotatable bonds is 8. The molecule has 3 rings (SSSR count). The van der Waals surface area contributed by atoms with Crippen molar-refractivity contribution in [2.24, 2.45) is 12.0 Å². The van der Waals surface area contributed by atoms with E-state index in [1.54, 1.807) is 0 Å². The Bertz CT molecular complexity index is 660. The smallest absolute Gasteiger partial charge is 0.191 e. The van der Waals surface area contributed by atoms with Crippen molar-refractivity contribution >= 4 is 5.96 Å². The molecule has 0 radical (unpaired) electrons. The maximum Gasteiger partial charge on any atom is 0.191 e. The lowest BCUT2D eigenvalue weighted by Crippen LogP contribution is -2.50. The zero-order valence-corrected chi connectivity index (χ0v) is 19.2. The summed E-state index contributed by atoms with van der Waals surface area (Å²) in [6, 6.07) is 1.09. The quantitative estimate of drug-likeness (QED) is 0.365. The van der Waals surface area contributed by atoms with Crippen LogP contribution in [0, 0.1) is 6.92 Å². The third-order valence-electron chi connectivity index (χ3n) is 6.21. The molecule has 1 aromatic rings. The van der Waals surface area contributed by atoms with Gasteiger partial charge >= 0.3 is 0 Å². The number of hydrogen-bond acceptors (Lipinski definition) is 6. The lowest BCUT2D eigenvalue weighted by atomic mass is 10.0. The van der Waals surface area contributed by atoms with Crippen LogP contribution in [0.3, 0.4) is 0 Å². The van der Waals surface area contributed by atoms with Crippen molar-refractivity contribution in [3.63, 3.8) is 0 Å². The summed E-state index contributed by atoms with van der Waals surface area (Å²) in [4.78, 5) is 9.84. The summed E-state index contributed by atoms with van der Waals surface area (Å²) in [7, 11) is 1.99. The van der Waals surface area contributed by atoms with Crippen LogP contribution >= 0.6 is 0 Å². The molecule has 0 aromatic carbocycles. The van der Waals surface area contributed by atoms with Crippen LogP contribution in [0.4, 0.5) is 0 Å². The van der Waals surface area contributed by atoms with E-state index in [0.717, 1.165) is 89.4 Å². The number of ether oxygens (including phenoxy) is 1. The monoisotopic (exact) mass is 420 g/mol. The van der Waals surface area contributed by atoms with Crippen molar-refractivity contribution in [1.82, 2.24) is 35.2 Å². The molecule has 2 fully saturated rings. The van der Waals surface area contributed by atoms with Crippen LogP contribution in [-0.2, 0) is 18.3 Å². The highest BCUT2D eigenvalue weighted by atomic mass is 16.5. The van der Waals surface area contributed by atoms with Crippen molar-refractivity contribution < 1.29 is 4.74 Å². The molecule has 1 aromatic heterocycles. The van der Waals surface area contributed by atoms with Crippen LogP contribution in [0.15, 0.2) is 4.99 Å². The maximum atomic E-state index is 5.43. The summed E-state index contributed by atoms with van der Waals surface area (Å²) in [5.41, 5.74) is 0. The molecule has 2 saturated heterocycles. The first-order valence-corrected chi connectivity index (χ1v) is 11.5. The largest absolute Gasteiger partial charge is 0.379 e. The van der Waals surface area contributed by atoms with Gasteiger partial charge in [0, 0.05) is 51.9 Å². The predicted molar refractivity (Wildman–Crippen MR) is 120 cm³/mol. The summed E-state index contributed by atoms with van der Waals surface area (Å²) in [5, 5.41) is 15.6. The van der Waals surface area contributed by atoms with E-state index >= 15 is 0 Å². The number of piperidine rings is 1. The Morgan fingerprint density at radius 3 is 2.53 bits per heavy atom. The first kappa shape index (κ1) is 23.0. The van der Waals surface area contributed by atoms with E-state index < -0.39 is 0 Å². The Labute approximate surface area is 181 Å². The summed E-state index contributed by atoms with van der Waals surface area (Å²) >= 11 is 0.